The normalized spacial score (nSPS) is 10.7. The molecule has 0 aliphatic heterocycles. The lowest BCUT2D eigenvalue weighted by Gasteiger charge is -2.24. The summed E-state index contributed by atoms with van der Waals surface area (Å²) in [6, 6.07) is 8.19. The SMILES string of the molecule is CCOC(=O)CN(CCOC)Cc1ccccc1N(C)C. The van der Waals surface area contributed by atoms with Crippen LogP contribution in [0.3, 0.4) is 0 Å². The van der Waals surface area contributed by atoms with Gasteiger partial charge in [-0.25, -0.2) is 0 Å². The van der Waals surface area contributed by atoms with Crippen molar-refractivity contribution in [3.05, 3.63) is 29.8 Å². The maximum Gasteiger partial charge on any atom is 0.320 e. The molecule has 0 heterocycles. The Labute approximate surface area is 127 Å². The third-order valence-electron chi connectivity index (χ3n) is 3.14. The quantitative estimate of drug-likeness (QED) is 0.649. The molecule has 21 heavy (non-hydrogen) atoms. The predicted molar refractivity (Wildman–Crippen MR) is 84.6 cm³/mol. The molecule has 0 aliphatic carbocycles. The Balaban J connectivity index is 2.77. The summed E-state index contributed by atoms with van der Waals surface area (Å²) < 4.78 is 10.2. The van der Waals surface area contributed by atoms with Crippen molar-refractivity contribution in [1.82, 2.24) is 4.90 Å². The molecule has 1 rings (SSSR count). The number of benzene rings is 1. The first-order chi connectivity index (χ1) is 10.1. The van der Waals surface area contributed by atoms with E-state index in [0.29, 0.717) is 26.3 Å². The number of ether oxygens (including phenoxy) is 2. The number of hydrogen-bond donors (Lipinski definition) is 0. The van der Waals surface area contributed by atoms with E-state index in [1.54, 1.807) is 7.11 Å². The van der Waals surface area contributed by atoms with Crippen molar-refractivity contribution in [2.45, 2.75) is 13.5 Å². The number of methoxy groups -OCH3 is 1. The van der Waals surface area contributed by atoms with Gasteiger partial charge in [-0.3, -0.25) is 9.69 Å². The molecule has 0 saturated carbocycles. The lowest BCUT2D eigenvalue weighted by atomic mass is 10.1. The summed E-state index contributed by atoms with van der Waals surface area (Å²) >= 11 is 0. The largest absolute Gasteiger partial charge is 0.465 e. The fraction of sp³-hybridized carbons (Fsp3) is 0.562. The van der Waals surface area contributed by atoms with Crippen LogP contribution in [0.2, 0.25) is 0 Å². The van der Waals surface area contributed by atoms with Crippen molar-refractivity contribution in [3.8, 4) is 0 Å². The number of nitrogens with zero attached hydrogens (tertiary/aromatic N) is 2. The molecule has 0 aromatic heterocycles. The number of carbonyl (C=O) groups is 1. The highest BCUT2D eigenvalue weighted by Crippen LogP contribution is 2.19. The molecule has 0 amide bonds. The predicted octanol–water partition coefficient (Wildman–Crippen LogP) is 1.76. The molecule has 0 bridgehead atoms. The van der Waals surface area contributed by atoms with Crippen molar-refractivity contribution in [2.24, 2.45) is 0 Å². The third-order valence-corrected chi connectivity index (χ3v) is 3.14. The Bertz CT molecular complexity index is 435. The number of hydrogen-bond acceptors (Lipinski definition) is 5. The van der Waals surface area contributed by atoms with Gasteiger partial charge in [-0.15, -0.1) is 0 Å². The molecule has 0 spiro atoms. The van der Waals surface area contributed by atoms with Crippen LogP contribution in [0.5, 0.6) is 0 Å². The van der Waals surface area contributed by atoms with Crippen LogP contribution in [0.25, 0.3) is 0 Å². The number of carbonyl (C=O) groups excluding carboxylic acids is 1. The van der Waals surface area contributed by atoms with Crippen LogP contribution >= 0.6 is 0 Å². The van der Waals surface area contributed by atoms with Crippen molar-refractivity contribution < 1.29 is 14.3 Å². The summed E-state index contributed by atoms with van der Waals surface area (Å²) in [5.74, 6) is -0.198. The van der Waals surface area contributed by atoms with Gasteiger partial charge in [0.2, 0.25) is 0 Å². The highest BCUT2D eigenvalue weighted by Gasteiger charge is 2.14. The highest BCUT2D eigenvalue weighted by molar-refractivity contribution is 5.71. The van der Waals surface area contributed by atoms with Crippen molar-refractivity contribution in [2.75, 3.05) is 52.4 Å². The molecule has 118 valence electrons. The van der Waals surface area contributed by atoms with Crippen LogP contribution in [0.4, 0.5) is 5.69 Å². The van der Waals surface area contributed by atoms with E-state index in [1.165, 1.54) is 5.56 Å². The van der Waals surface area contributed by atoms with E-state index in [-0.39, 0.29) is 12.5 Å². The monoisotopic (exact) mass is 294 g/mol. The van der Waals surface area contributed by atoms with Crippen LogP contribution in [-0.2, 0) is 20.8 Å². The third kappa shape index (κ3) is 6.14. The van der Waals surface area contributed by atoms with Crippen LogP contribution in [0, 0.1) is 0 Å². The average molecular weight is 294 g/mol. The van der Waals surface area contributed by atoms with Crippen LogP contribution in [0.1, 0.15) is 12.5 Å². The Kier molecular flexibility index (Phi) is 7.79. The average Bonchev–Trinajstić information content (AvgIpc) is 2.45. The van der Waals surface area contributed by atoms with Crippen molar-refractivity contribution >= 4 is 11.7 Å². The fourth-order valence-corrected chi connectivity index (χ4v) is 2.15. The van der Waals surface area contributed by atoms with Gasteiger partial charge in [0, 0.05) is 40.0 Å². The Morgan fingerprint density at radius 1 is 1.24 bits per heavy atom. The van der Waals surface area contributed by atoms with Gasteiger partial charge in [-0.1, -0.05) is 18.2 Å². The summed E-state index contributed by atoms with van der Waals surface area (Å²) in [7, 11) is 5.70. The molecule has 0 radical (unpaired) electrons. The number of anilines is 1. The molecule has 0 unspecified atom stereocenters. The first kappa shape index (κ1) is 17.5. The minimum Gasteiger partial charge on any atom is -0.465 e. The van der Waals surface area contributed by atoms with Crippen molar-refractivity contribution in [1.29, 1.82) is 0 Å². The van der Waals surface area contributed by atoms with Crippen LogP contribution < -0.4 is 4.90 Å². The smallest absolute Gasteiger partial charge is 0.320 e. The molecular weight excluding hydrogens is 268 g/mol. The molecule has 5 nitrogen and oxygen atoms in total. The van der Waals surface area contributed by atoms with E-state index in [1.807, 2.05) is 38.1 Å². The van der Waals surface area contributed by atoms with Gasteiger partial charge in [0.15, 0.2) is 0 Å². The van der Waals surface area contributed by atoms with Gasteiger partial charge >= 0.3 is 5.97 Å². The molecule has 0 fully saturated rings. The molecule has 0 aliphatic rings. The van der Waals surface area contributed by atoms with Gasteiger partial charge in [-0.05, 0) is 18.6 Å². The maximum atomic E-state index is 11.7. The van der Waals surface area contributed by atoms with Gasteiger partial charge in [0.25, 0.3) is 0 Å². The summed E-state index contributed by atoms with van der Waals surface area (Å²) in [6.45, 7) is 4.47. The standard InChI is InChI=1S/C16H26N2O3/c1-5-21-16(19)13-18(10-11-20-4)12-14-8-6-7-9-15(14)17(2)3/h6-9H,5,10-13H2,1-4H3. The molecule has 5 heteroatoms. The lowest BCUT2D eigenvalue weighted by Crippen LogP contribution is -2.33. The topological polar surface area (TPSA) is 42.0 Å². The van der Waals surface area contributed by atoms with Gasteiger partial charge in [0.05, 0.1) is 19.8 Å². The molecule has 1 aromatic rings. The first-order valence-corrected chi connectivity index (χ1v) is 7.20. The van der Waals surface area contributed by atoms with Gasteiger partial charge in [-0.2, -0.15) is 0 Å². The van der Waals surface area contributed by atoms with Crippen molar-refractivity contribution in [3.63, 3.8) is 0 Å². The van der Waals surface area contributed by atoms with E-state index in [0.717, 1.165) is 5.69 Å². The molecule has 0 atom stereocenters. The zero-order valence-corrected chi connectivity index (χ0v) is 13.5. The first-order valence-electron chi connectivity index (χ1n) is 7.20. The minimum atomic E-state index is -0.198. The number of para-hydroxylation sites is 1. The zero-order chi connectivity index (χ0) is 15.7. The minimum absolute atomic E-state index is 0.198. The Hall–Kier alpha value is -1.59. The van der Waals surface area contributed by atoms with E-state index >= 15 is 0 Å². The van der Waals surface area contributed by atoms with Gasteiger partial charge < -0.3 is 14.4 Å². The molecular formula is C16H26N2O3. The van der Waals surface area contributed by atoms with E-state index in [9.17, 15) is 4.79 Å². The summed E-state index contributed by atoms with van der Waals surface area (Å²) in [5, 5.41) is 0. The highest BCUT2D eigenvalue weighted by atomic mass is 16.5. The van der Waals surface area contributed by atoms with E-state index in [2.05, 4.69) is 17.0 Å². The molecule has 0 N–H and O–H groups in total. The van der Waals surface area contributed by atoms with Crippen LogP contribution in [0.15, 0.2) is 24.3 Å². The fourth-order valence-electron chi connectivity index (χ4n) is 2.15. The zero-order valence-electron chi connectivity index (χ0n) is 13.5. The van der Waals surface area contributed by atoms with Crippen LogP contribution in [-0.4, -0.2) is 58.4 Å². The second-order valence-corrected chi connectivity index (χ2v) is 5.03. The summed E-state index contributed by atoms with van der Waals surface area (Å²) in [4.78, 5) is 15.8. The van der Waals surface area contributed by atoms with E-state index in [4.69, 9.17) is 9.47 Å². The lowest BCUT2D eigenvalue weighted by molar-refractivity contribution is -0.144. The second-order valence-electron chi connectivity index (χ2n) is 5.03. The molecule has 0 saturated heterocycles. The Morgan fingerprint density at radius 3 is 2.57 bits per heavy atom. The van der Waals surface area contributed by atoms with Gasteiger partial charge in [0.1, 0.15) is 0 Å². The maximum absolute atomic E-state index is 11.7. The van der Waals surface area contributed by atoms with E-state index < -0.39 is 0 Å². The Morgan fingerprint density at radius 2 is 1.95 bits per heavy atom. The second kappa shape index (κ2) is 9.37. The summed E-state index contributed by atoms with van der Waals surface area (Å²) in [6.07, 6.45) is 0. The number of esters is 1. The molecule has 1 aromatic carbocycles. The number of rotatable bonds is 9. The summed E-state index contributed by atoms with van der Waals surface area (Å²) in [5.41, 5.74) is 2.34.